The molecule has 0 bridgehead atoms. The standard InChI is InChI=1S/C7H11N5O2/c8-5-1-6(12-3-11-5)10-2-4(13)7(9)14/h1,3-4,13H,2H2,(H2,9,14)(H3,8,10,11,12). The summed E-state index contributed by atoms with van der Waals surface area (Å²) in [6.07, 6.45) is 0.0279. The monoisotopic (exact) mass is 197 g/mol. The minimum atomic E-state index is -1.24. The maximum Gasteiger partial charge on any atom is 0.248 e. The molecule has 0 spiro atoms. The smallest absolute Gasteiger partial charge is 0.248 e. The van der Waals surface area contributed by atoms with Crippen LogP contribution in [0.15, 0.2) is 12.4 Å². The lowest BCUT2D eigenvalue weighted by molar-refractivity contribution is -0.125. The molecule has 7 heteroatoms. The van der Waals surface area contributed by atoms with E-state index >= 15 is 0 Å². The van der Waals surface area contributed by atoms with E-state index in [0.717, 1.165) is 0 Å². The van der Waals surface area contributed by atoms with E-state index < -0.39 is 12.0 Å². The lowest BCUT2D eigenvalue weighted by Crippen LogP contribution is -2.34. The molecule has 0 aliphatic carbocycles. The summed E-state index contributed by atoms with van der Waals surface area (Å²) < 4.78 is 0. The van der Waals surface area contributed by atoms with Gasteiger partial charge in [0.15, 0.2) is 0 Å². The minimum Gasteiger partial charge on any atom is -0.384 e. The summed E-state index contributed by atoms with van der Waals surface area (Å²) in [6, 6.07) is 1.48. The van der Waals surface area contributed by atoms with Gasteiger partial charge in [-0.05, 0) is 0 Å². The van der Waals surface area contributed by atoms with Gasteiger partial charge in [0.2, 0.25) is 5.91 Å². The van der Waals surface area contributed by atoms with Crippen LogP contribution < -0.4 is 16.8 Å². The van der Waals surface area contributed by atoms with Crippen LogP contribution in [0.5, 0.6) is 0 Å². The molecule has 1 rings (SSSR count). The fourth-order valence-corrected chi connectivity index (χ4v) is 0.771. The number of nitrogen functional groups attached to an aromatic ring is 1. The highest BCUT2D eigenvalue weighted by atomic mass is 16.3. The molecule has 0 saturated carbocycles. The Bertz CT molecular complexity index is 330. The molecule has 1 unspecified atom stereocenters. The predicted molar refractivity (Wildman–Crippen MR) is 50.1 cm³/mol. The second-order valence-corrected chi connectivity index (χ2v) is 2.63. The normalized spacial score (nSPS) is 12.1. The first kappa shape index (κ1) is 10.2. The van der Waals surface area contributed by atoms with E-state index in [-0.39, 0.29) is 6.54 Å². The van der Waals surface area contributed by atoms with Crippen molar-refractivity contribution in [3.05, 3.63) is 12.4 Å². The van der Waals surface area contributed by atoms with E-state index in [4.69, 9.17) is 16.6 Å². The number of nitrogens with zero attached hydrogens (tertiary/aromatic N) is 2. The number of hydrogen-bond acceptors (Lipinski definition) is 6. The topological polar surface area (TPSA) is 127 Å². The molecule has 0 aliphatic rings. The average molecular weight is 197 g/mol. The van der Waals surface area contributed by atoms with Gasteiger partial charge in [-0.3, -0.25) is 4.79 Å². The molecule has 7 nitrogen and oxygen atoms in total. The Morgan fingerprint density at radius 2 is 2.36 bits per heavy atom. The number of carbonyl (C=O) groups is 1. The number of nitrogens with one attached hydrogen (secondary N) is 1. The Morgan fingerprint density at radius 3 is 2.93 bits per heavy atom. The lowest BCUT2D eigenvalue weighted by atomic mass is 10.3. The van der Waals surface area contributed by atoms with Crippen molar-refractivity contribution in [2.45, 2.75) is 6.10 Å². The first-order valence-electron chi connectivity index (χ1n) is 3.88. The molecule has 1 aromatic rings. The third kappa shape index (κ3) is 2.87. The first-order valence-corrected chi connectivity index (χ1v) is 3.88. The number of hydrogen-bond donors (Lipinski definition) is 4. The predicted octanol–water partition coefficient (Wildman–Crippen LogP) is -1.68. The number of rotatable bonds is 4. The molecular weight excluding hydrogens is 186 g/mol. The van der Waals surface area contributed by atoms with Gasteiger partial charge in [-0.15, -0.1) is 0 Å². The first-order chi connectivity index (χ1) is 6.59. The van der Waals surface area contributed by atoms with Gasteiger partial charge >= 0.3 is 0 Å². The summed E-state index contributed by atoms with van der Waals surface area (Å²) in [4.78, 5) is 17.9. The van der Waals surface area contributed by atoms with Crippen molar-refractivity contribution >= 4 is 17.5 Å². The quantitative estimate of drug-likeness (QED) is 0.456. The van der Waals surface area contributed by atoms with E-state index in [1.54, 1.807) is 0 Å². The van der Waals surface area contributed by atoms with Crippen LogP contribution in [0.25, 0.3) is 0 Å². The summed E-state index contributed by atoms with van der Waals surface area (Å²) in [5.41, 5.74) is 10.2. The van der Waals surface area contributed by atoms with Crippen LogP contribution in [0.2, 0.25) is 0 Å². The average Bonchev–Trinajstić information content (AvgIpc) is 2.14. The summed E-state index contributed by atoms with van der Waals surface area (Å²) in [7, 11) is 0. The minimum absolute atomic E-state index is 0.00815. The molecule has 6 N–H and O–H groups in total. The van der Waals surface area contributed by atoms with E-state index in [9.17, 15) is 4.79 Å². The van der Waals surface area contributed by atoms with Crippen molar-refractivity contribution in [2.24, 2.45) is 5.73 Å². The number of carbonyl (C=O) groups excluding carboxylic acids is 1. The maximum atomic E-state index is 10.5. The lowest BCUT2D eigenvalue weighted by Gasteiger charge is -2.08. The van der Waals surface area contributed by atoms with E-state index in [2.05, 4.69) is 15.3 Å². The van der Waals surface area contributed by atoms with Crippen LogP contribution in [-0.4, -0.2) is 33.6 Å². The molecule has 1 amide bonds. The van der Waals surface area contributed by atoms with Crippen molar-refractivity contribution in [1.82, 2.24) is 9.97 Å². The van der Waals surface area contributed by atoms with Gasteiger partial charge in [-0.25, -0.2) is 9.97 Å². The van der Waals surface area contributed by atoms with Crippen LogP contribution in [0.3, 0.4) is 0 Å². The van der Waals surface area contributed by atoms with Gasteiger partial charge in [-0.2, -0.15) is 0 Å². The van der Waals surface area contributed by atoms with E-state index in [0.29, 0.717) is 11.6 Å². The molecule has 0 aliphatic heterocycles. The van der Waals surface area contributed by atoms with Crippen molar-refractivity contribution in [3.8, 4) is 0 Å². The van der Waals surface area contributed by atoms with Crippen LogP contribution in [0.1, 0.15) is 0 Å². The van der Waals surface area contributed by atoms with Gasteiger partial charge in [0.05, 0.1) is 6.54 Å². The van der Waals surface area contributed by atoms with Gasteiger partial charge < -0.3 is 21.9 Å². The molecule has 0 radical (unpaired) electrons. The second kappa shape index (κ2) is 4.38. The van der Waals surface area contributed by atoms with Crippen molar-refractivity contribution in [2.75, 3.05) is 17.6 Å². The summed E-state index contributed by atoms with van der Waals surface area (Å²) in [5, 5.41) is 11.7. The van der Waals surface area contributed by atoms with Crippen LogP contribution in [0.4, 0.5) is 11.6 Å². The van der Waals surface area contributed by atoms with Gasteiger partial charge in [0.1, 0.15) is 24.1 Å². The second-order valence-electron chi connectivity index (χ2n) is 2.63. The Hall–Kier alpha value is -1.89. The number of amides is 1. The third-order valence-electron chi connectivity index (χ3n) is 1.49. The highest BCUT2D eigenvalue weighted by Gasteiger charge is 2.09. The largest absolute Gasteiger partial charge is 0.384 e. The van der Waals surface area contributed by atoms with Gasteiger partial charge in [0.25, 0.3) is 0 Å². The number of aliphatic hydroxyl groups is 1. The SMILES string of the molecule is NC(=O)C(O)CNc1cc(N)ncn1. The van der Waals surface area contributed by atoms with Crippen molar-refractivity contribution in [1.29, 1.82) is 0 Å². The zero-order valence-corrected chi connectivity index (χ0v) is 7.34. The fourth-order valence-electron chi connectivity index (χ4n) is 0.771. The number of aliphatic hydroxyl groups excluding tert-OH is 1. The molecule has 76 valence electrons. The number of primary amides is 1. The molecule has 1 atom stereocenters. The molecule has 0 fully saturated rings. The van der Waals surface area contributed by atoms with Crippen LogP contribution >= 0.6 is 0 Å². The number of nitrogens with two attached hydrogens (primary N) is 2. The van der Waals surface area contributed by atoms with Crippen molar-refractivity contribution < 1.29 is 9.90 Å². The molecule has 1 aromatic heterocycles. The molecule has 0 saturated heterocycles. The highest BCUT2D eigenvalue weighted by molar-refractivity contribution is 5.79. The zero-order valence-electron chi connectivity index (χ0n) is 7.34. The van der Waals surface area contributed by atoms with Crippen molar-refractivity contribution in [3.63, 3.8) is 0 Å². The highest BCUT2D eigenvalue weighted by Crippen LogP contribution is 2.04. The summed E-state index contributed by atoms with van der Waals surface area (Å²) in [5.74, 6) is -0.0617. The Balaban J connectivity index is 2.49. The molecule has 0 aromatic carbocycles. The summed E-state index contributed by atoms with van der Waals surface area (Å²) in [6.45, 7) is -0.00815. The van der Waals surface area contributed by atoms with Gasteiger partial charge in [-0.1, -0.05) is 0 Å². The molecular formula is C7H11N5O2. The zero-order chi connectivity index (χ0) is 10.6. The Morgan fingerprint density at radius 1 is 1.64 bits per heavy atom. The van der Waals surface area contributed by atoms with E-state index in [1.165, 1.54) is 12.4 Å². The van der Waals surface area contributed by atoms with Gasteiger partial charge in [0, 0.05) is 6.07 Å². The molecule has 1 heterocycles. The number of anilines is 2. The fraction of sp³-hybridized carbons (Fsp3) is 0.286. The Labute approximate surface area is 80.2 Å². The van der Waals surface area contributed by atoms with Crippen LogP contribution in [-0.2, 0) is 4.79 Å². The summed E-state index contributed by atoms with van der Waals surface area (Å²) >= 11 is 0. The number of aromatic nitrogens is 2. The Kier molecular flexibility index (Phi) is 3.19. The van der Waals surface area contributed by atoms with E-state index in [1.807, 2.05) is 0 Å². The molecule has 14 heavy (non-hydrogen) atoms. The van der Waals surface area contributed by atoms with Crippen LogP contribution in [0, 0.1) is 0 Å². The maximum absolute atomic E-state index is 10.5. The third-order valence-corrected chi connectivity index (χ3v) is 1.49.